The van der Waals surface area contributed by atoms with Crippen LogP contribution in [0.3, 0.4) is 0 Å². The van der Waals surface area contributed by atoms with Gasteiger partial charge in [0.2, 0.25) is 0 Å². The van der Waals surface area contributed by atoms with Gasteiger partial charge in [0.1, 0.15) is 0 Å². The molecular weight excluding hydrogens is 498 g/mol. The summed E-state index contributed by atoms with van der Waals surface area (Å²) in [6, 6.07) is 10.8. The standard InChI is InChI=1S/C17H23N.C2F6NO4S2/c1-2-3-4-5-6-7-12-17-16-11-9-8-10-15(16)13-14-18-17;3-1(4,5)14(10,11)9-15(12,13)2(6,7)8/h8-11,13-14H,2-7,12H2,1H3;/q;-1/p+1. The van der Waals surface area contributed by atoms with Crippen LogP contribution in [0, 0.1) is 0 Å². The van der Waals surface area contributed by atoms with Crippen molar-refractivity contribution < 1.29 is 48.2 Å². The number of unbranched alkanes of at least 4 members (excludes halogenated alkanes) is 5. The number of halogens is 6. The van der Waals surface area contributed by atoms with Crippen LogP contribution in [-0.4, -0.2) is 27.9 Å². The average molecular weight is 523 g/mol. The molecule has 0 fully saturated rings. The molecule has 0 saturated heterocycles. The Labute approximate surface area is 188 Å². The van der Waals surface area contributed by atoms with E-state index in [-0.39, 0.29) is 0 Å². The lowest BCUT2D eigenvalue weighted by Gasteiger charge is -2.22. The Morgan fingerprint density at radius 1 is 0.788 bits per heavy atom. The lowest BCUT2D eigenvalue weighted by atomic mass is 10.0. The minimum atomic E-state index is -6.72. The number of pyridine rings is 1. The Kier molecular flexibility index (Phi) is 10.6. The van der Waals surface area contributed by atoms with Gasteiger partial charge in [0.25, 0.3) is 0 Å². The van der Waals surface area contributed by atoms with Crippen molar-refractivity contribution >= 4 is 30.8 Å². The van der Waals surface area contributed by atoms with Gasteiger partial charge in [-0.25, -0.2) is 21.8 Å². The molecule has 1 heterocycles. The molecule has 0 unspecified atom stereocenters. The molecule has 0 atom stereocenters. The van der Waals surface area contributed by atoms with Crippen molar-refractivity contribution in [2.75, 3.05) is 0 Å². The van der Waals surface area contributed by atoms with Gasteiger partial charge in [0.15, 0.2) is 31.9 Å². The van der Waals surface area contributed by atoms with Crippen LogP contribution >= 0.6 is 0 Å². The van der Waals surface area contributed by atoms with Crippen LogP contribution < -0.4 is 4.98 Å². The summed E-state index contributed by atoms with van der Waals surface area (Å²) in [6.07, 6.45) is 11.4. The van der Waals surface area contributed by atoms with Gasteiger partial charge < -0.3 is 4.13 Å². The second-order valence-corrected chi connectivity index (χ2v) is 10.4. The summed E-state index contributed by atoms with van der Waals surface area (Å²) in [7, 11) is -13.4. The van der Waals surface area contributed by atoms with Crippen LogP contribution in [0.1, 0.15) is 51.1 Å². The summed E-state index contributed by atoms with van der Waals surface area (Å²) in [5.74, 6) is 0. The number of aryl methyl sites for hydroxylation is 1. The lowest BCUT2D eigenvalue weighted by molar-refractivity contribution is -0.388. The van der Waals surface area contributed by atoms with Crippen molar-refractivity contribution in [3.63, 3.8) is 0 Å². The Morgan fingerprint density at radius 2 is 1.30 bits per heavy atom. The van der Waals surface area contributed by atoms with Crippen LogP contribution in [0.5, 0.6) is 0 Å². The highest BCUT2D eigenvalue weighted by molar-refractivity contribution is 8.13. The van der Waals surface area contributed by atoms with E-state index in [1.54, 1.807) is 0 Å². The van der Waals surface area contributed by atoms with Crippen LogP contribution in [0.15, 0.2) is 36.5 Å². The minimum Gasteiger partial charge on any atom is -0.421 e. The number of benzene rings is 1. The third kappa shape index (κ3) is 9.08. The van der Waals surface area contributed by atoms with Crippen molar-refractivity contribution in [3.8, 4) is 0 Å². The van der Waals surface area contributed by atoms with E-state index in [4.69, 9.17) is 0 Å². The van der Waals surface area contributed by atoms with Crippen molar-refractivity contribution in [1.82, 2.24) is 0 Å². The molecule has 0 saturated carbocycles. The van der Waals surface area contributed by atoms with E-state index < -0.39 is 31.1 Å². The Hall–Kier alpha value is -1.93. The summed E-state index contributed by atoms with van der Waals surface area (Å²) < 4.78 is 109. The van der Waals surface area contributed by atoms with E-state index in [1.807, 2.05) is 0 Å². The Bertz CT molecular complexity index is 1050. The zero-order chi connectivity index (χ0) is 25.3. The van der Waals surface area contributed by atoms with Crippen molar-refractivity contribution in [2.45, 2.75) is 62.9 Å². The number of rotatable bonds is 9. The number of H-pyrrole nitrogens is 1. The second kappa shape index (κ2) is 12.0. The number of aromatic nitrogens is 1. The molecule has 6 nitrogen and oxygen atoms in total. The number of nitrogens with one attached hydrogen (secondary N) is 1. The molecule has 0 amide bonds. The van der Waals surface area contributed by atoms with Gasteiger partial charge in [0.05, 0.1) is 0 Å². The summed E-state index contributed by atoms with van der Waals surface area (Å²) >= 11 is 0. The molecule has 2 aromatic rings. The Balaban J connectivity index is 0.000000337. The van der Waals surface area contributed by atoms with Crippen LogP contribution in [0.4, 0.5) is 26.3 Å². The van der Waals surface area contributed by atoms with Gasteiger partial charge in [0, 0.05) is 17.9 Å². The topological polar surface area (TPSA) is 96.5 Å². The number of aromatic amines is 1. The van der Waals surface area contributed by atoms with E-state index in [2.05, 4.69) is 48.4 Å². The van der Waals surface area contributed by atoms with Gasteiger partial charge in [-0.2, -0.15) is 26.3 Å². The molecule has 188 valence electrons. The molecule has 33 heavy (non-hydrogen) atoms. The first kappa shape index (κ1) is 29.1. The van der Waals surface area contributed by atoms with E-state index in [9.17, 15) is 43.2 Å². The number of sulfonamides is 2. The number of fused-ring (bicyclic) bond motifs is 1. The van der Waals surface area contributed by atoms with Gasteiger partial charge in [-0.15, -0.1) is 0 Å². The van der Waals surface area contributed by atoms with Gasteiger partial charge >= 0.3 is 11.0 Å². The molecule has 0 bridgehead atoms. The maximum atomic E-state index is 11.4. The molecule has 0 aliphatic heterocycles. The smallest absolute Gasteiger partial charge is 0.421 e. The largest absolute Gasteiger partial charge is 0.480 e. The number of alkyl halides is 6. The first-order valence-electron chi connectivity index (χ1n) is 9.87. The third-order valence-electron chi connectivity index (χ3n) is 4.37. The van der Waals surface area contributed by atoms with E-state index in [1.165, 1.54) is 61.4 Å². The van der Waals surface area contributed by atoms with Crippen LogP contribution in [0.25, 0.3) is 14.9 Å². The fraction of sp³-hybridized carbons (Fsp3) is 0.526. The Morgan fingerprint density at radius 3 is 1.85 bits per heavy atom. The summed E-state index contributed by atoms with van der Waals surface area (Å²) in [6.45, 7) is 2.27. The number of hydrogen-bond acceptors (Lipinski definition) is 4. The van der Waals surface area contributed by atoms with E-state index >= 15 is 0 Å². The number of nitrogens with zero attached hydrogens (tertiary/aromatic N) is 1. The monoisotopic (exact) mass is 522 g/mol. The summed E-state index contributed by atoms with van der Waals surface area (Å²) in [5.41, 5.74) is -11.0. The zero-order valence-electron chi connectivity index (χ0n) is 17.6. The highest BCUT2D eigenvalue weighted by Gasteiger charge is 2.46. The molecule has 1 aromatic heterocycles. The molecule has 14 heteroatoms. The van der Waals surface area contributed by atoms with E-state index in [0.29, 0.717) is 0 Å². The maximum Gasteiger partial charge on any atom is 0.480 e. The average Bonchev–Trinajstić information content (AvgIpc) is 2.69. The first-order chi connectivity index (χ1) is 15.1. The quantitative estimate of drug-likeness (QED) is 0.316. The van der Waals surface area contributed by atoms with Gasteiger partial charge in [-0.3, -0.25) is 0 Å². The third-order valence-corrected chi connectivity index (χ3v) is 7.11. The summed E-state index contributed by atoms with van der Waals surface area (Å²) in [5, 5.41) is 2.73. The molecule has 0 spiro atoms. The minimum absolute atomic E-state index is 0.778. The highest BCUT2D eigenvalue weighted by Crippen LogP contribution is 2.36. The molecule has 0 aliphatic carbocycles. The number of hydrogen-bond donors (Lipinski definition) is 0. The van der Waals surface area contributed by atoms with Crippen molar-refractivity contribution in [2.24, 2.45) is 0 Å². The van der Waals surface area contributed by atoms with Gasteiger partial charge in [-0.1, -0.05) is 57.2 Å². The van der Waals surface area contributed by atoms with Crippen LogP contribution in [-0.2, 0) is 26.5 Å². The maximum absolute atomic E-state index is 11.4. The molecule has 2 rings (SSSR count). The molecule has 1 N–H and O–H groups in total. The fourth-order valence-electron chi connectivity index (χ4n) is 2.73. The molecule has 0 radical (unpaired) electrons. The predicted molar refractivity (Wildman–Crippen MR) is 111 cm³/mol. The second-order valence-electron chi connectivity index (χ2n) is 6.98. The molecular formula is C19H24F6N2O4S2. The molecule has 0 aliphatic rings. The normalized spacial score (nSPS) is 12.9. The zero-order valence-corrected chi connectivity index (χ0v) is 19.2. The lowest BCUT2D eigenvalue weighted by Crippen LogP contribution is -2.30. The van der Waals surface area contributed by atoms with Crippen molar-refractivity contribution in [1.29, 1.82) is 0 Å². The van der Waals surface area contributed by atoms with Crippen molar-refractivity contribution in [3.05, 3.63) is 46.4 Å². The van der Waals surface area contributed by atoms with Gasteiger partial charge in [-0.05, 0) is 17.9 Å². The molecule has 1 aromatic carbocycles. The predicted octanol–water partition coefficient (Wildman–Crippen LogP) is 5.62. The highest BCUT2D eigenvalue weighted by atomic mass is 32.3. The van der Waals surface area contributed by atoms with E-state index in [0.717, 1.165) is 4.13 Å². The SMILES string of the molecule is CCCCCCCCc1[nH+]ccc2ccccc12.O=S(=O)([N-]S(=O)(=O)C(F)(F)F)C(F)(F)F. The van der Waals surface area contributed by atoms with Crippen LogP contribution in [0.2, 0.25) is 0 Å². The fourth-order valence-corrected chi connectivity index (χ4v) is 4.44. The first-order valence-corrected chi connectivity index (χ1v) is 12.8. The summed E-state index contributed by atoms with van der Waals surface area (Å²) in [4.78, 5) is 3.41.